The van der Waals surface area contributed by atoms with Crippen LogP contribution in [0.2, 0.25) is 0 Å². The summed E-state index contributed by atoms with van der Waals surface area (Å²) in [5.74, 6) is 0. The van der Waals surface area contributed by atoms with E-state index in [9.17, 15) is 8.42 Å². The van der Waals surface area contributed by atoms with E-state index < -0.39 is 9.84 Å². The van der Waals surface area contributed by atoms with Crippen LogP contribution in [-0.4, -0.2) is 13.4 Å². The molecule has 0 saturated heterocycles. The Morgan fingerprint density at radius 1 is 0.885 bits per heavy atom. The van der Waals surface area contributed by atoms with Gasteiger partial charge in [0.15, 0.2) is 0 Å². The molecule has 0 aliphatic heterocycles. The molecule has 0 saturated carbocycles. The molecule has 26 heavy (non-hydrogen) atoms. The lowest BCUT2D eigenvalue weighted by Gasteiger charge is -2.09. The molecule has 3 N–H and O–H groups in total. The number of rotatable bonds is 3. The fraction of sp³-hybridized carbons (Fsp3) is 0. The molecule has 0 atom stereocenters. The molecule has 1 heterocycles. The first kappa shape index (κ1) is 16.9. The number of sulfone groups is 1. The van der Waals surface area contributed by atoms with Crippen LogP contribution in [-0.2, 0) is 9.84 Å². The molecular weight excluding hydrogens is 412 g/mol. The van der Waals surface area contributed by atoms with E-state index in [1.54, 1.807) is 12.1 Å². The van der Waals surface area contributed by atoms with Crippen LogP contribution in [0.25, 0.3) is 22.2 Å². The van der Waals surface area contributed by atoms with Gasteiger partial charge in [0.05, 0.1) is 10.6 Å². The molecule has 0 fully saturated rings. The zero-order chi connectivity index (χ0) is 18.3. The highest BCUT2D eigenvalue weighted by atomic mass is 79.9. The number of para-hydroxylation sites is 1. The average molecular weight is 427 g/mol. The van der Waals surface area contributed by atoms with E-state index >= 15 is 0 Å². The summed E-state index contributed by atoms with van der Waals surface area (Å²) in [4.78, 5) is 3.74. The minimum Gasteiger partial charge on any atom is -0.398 e. The van der Waals surface area contributed by atoms with Crippen molar-refractivity contribution in [2.75, 3.05) is 5.73 Å². The molecule has 4 rings (SSSR count). The number of aromatic nitrogens is 1. The van der Waals surface area contributed by atoms with Crippen LogP contribution in [0.15, 0.2) is 87.1 Å². The Balaban J connectivity index is 2.05. The summed E-state index contributed by atoms with van der Waals surface area (Å²) < 4.78 is 27.5. The van der Waals surface area contributed by atoms with Gasteiger partial charge in [-0.05, 0) is 45.8 Å². The second kappa shape index (κ2) is 6.30. The van der Waals surface area contributed by atoms with Crippen molar-refractivity contribution < 1.29 is 8.42 Å². The molecule has 0 radical (unpaired) electrons. The Morgan fingerprint density at radius 2 is 1.58 bits per heavy atom. The number of H-pyrrole nitrogens is 1. The molecule has 4 aromatic rings. The highest BCUT2D eigenvalue weighted by molar-refractivity contribution is 9.10. The predicted octanol–water partition coefficient (Wildman–Crippen LogP) is 5.01. The van der Waals surface area contributed by atoms with Crippen molar-refractivity contribution >= 4 is 42.4 Å². The van der Waals surface area contributed by atoms with E-state index in [1.165, 1.54) is 6.07 Å². The van der Waals surface area contributed by atoms with Gasteiger partial charge in [-0.2, -0.15) is 0 Å². The van der Waals surface area contributed by atoms with Gasteiger partial charge in [0, 0.05) is 21.1 Å². The second-order valence-corrected chi connectivity index (χ2v) is 8.67. The number of nitrogens with one attached hydrogen (secondary N) is 1. The first-order valence-corrected chi connectivity index (χ1v) is 10.2. The lowest BCUT2D eigenvalue weighted by Crippen LogP contribution is -2.04. The Bertz CT molecular complexity index is 1220. The van der Waals surface area contributed by atoms with Gasteiger partial charge in [0.2, 0.25) is 9.84 Å². The fourth-order valence-electron chi connectivity index (χ4n) is 3.00. The summed E-state index contributed by atoms with van der Waals surface area (Å²) in [7, 11) is -3.76. The summed E-state index contributed by atoms with van der Waals surface area (Å²) in [5, 5.41) is 0.666. The van der Waals surface area contributed by atoms with Crippen LogP contribution in [0.1, 0.15) is 0 Å². The van der Waals surface area contributed by atoms with E-state index in [0.717, 1.165) is 11.1 Å². The molecule has 0 bridgehead atoms. The van der Waals surface area contributed by atoms with Gasteiger partial charge >= 0.3 is 0 Å². The Hall–Kier alpha value is -2.57. The minimum atomic E-state index is -3.76. The number of hydrogen-bond donors (Lipinski definition) is 2. The third-order valence-corrected chi connectivity index (χ3v) is 6.79. The van der Waals surface area contributed by atoms with Crippen LogP contribution in [0, 0.1) is 0 Å². The fourth-order valence-corrected chi connectivity index (χ4v) is 5.19. The molecule has 0 aliphatic carbocycles. The van der Waals surface area contributed by atoms with Crippen LogP contribution in [0.4, 0.5) is 5.69 Å². The van der Waals surface area contributed by atoms with Gasteiger partial charge in [0.1, 0.15) is 4.90 Å². The van der Waals surface area contributed by atoms with Gasteiger partial charge in [-0.25, -0.2) is 8.42 Å². The van der Waals surface area contributed by atoms with Crippen LogP contribution < -0.4 is 5.73 Å². The van der Waals surface area contributed by atoms with Crippen LogP contribution in [0.5, 0.6) is 0 Å². The molecule has 0 aliphatic rings. The summed E-state index contributed by atoms with van der Waals surface area (Å²) in [6.45, 7) is 0. The topological polar surface area (TPSA) is 76.0 Å². The standard InChI is InChI=1S/C20H15BrN2O2S/c21-16-12-14(10-11-17(16)22)26(24,25)20-15-8-4-5-9-18(15)23-19(20)13-6-2-1-3-7-13/h1-12,23H,22H2. The number of benzene rings is 3. The van der Waals surface area contributed by atoms with Crippen molar-refractivity contribution in [3.63, 3.8) is 0 Å². The minimum absolute atomic E-state index is 0.195. The third kappa shape index (κ3) is 2.71. The molecule has 3 aromatic carbocycles. The number of nitrogens with two attached hydrogens (primary N) is 1. The Kier molecular flexibility index (Phi) is 4.09. The van der Waals surface area contributed by atoms with Gasteiger partial charge in [-0.15, -0.1) is 0 Å². The normalized spacial score (nSPS) is 11.7. The van der Waals surface area contributed by atoms with Gasteiger partial charge in [-0.1, -0.05) is 48.5 Å². The van der Waals surface area contributed by atoms with Gasteiger partial charge in [0.25, 0.3) is 0 Å². The van der Waals surface area contributed by atoms with Crippen LogP contribution in [0.3, 0.4) is 0 Å². The predicted molar refractivity (Wildman–Crippen MR) is 108 cm³/mol. The molecule has 4 nitrogen and oxygen atoms in total. The van der Waals surface area contributed by atoms with Crippen molar-refractivity contribution in [1.82, 2.24) is 4.98 Å². The number of aromatic amines is 1. The van der Waals surface area contributed by atoms with Crippen molar-refractivity contribution in [2.24, 2.45) is 0 Å². The smallest absolute Gasteiger partial charge is 0.209 e. The molecule has 0 unspecified atom stereocenters. The Labute approximate surface area is 159 Å². The highest BCUT2D eigenvalue weighted by Crippen LogP contribution is 2.38. The maximum absolute atomic E-state index is 13.5. The van der Waals surface area contributed by atoms with Crippen LogP contribution >= 0.6 is 15.9 Å². The number of fused-ring (bicyclic) bond motifs is 1. The van der Waals surface area contributed by atoms with Crippen molar-refractivity contribution in [1.29, 1.82) is 0 Å². The maximum atomic E-state index is 13.5. The zero-order valence-electron chi connectivity index (χ0n) is 13.6. The average Bonchev–Trinajstić information content (AvgIpc) is 3.05. The summed E-state index contributed by atoms with van der Waals surface area (Å²) in [6.07, 6.45) is 0. The summed E-state index contributed by atoms with van der Waals surface area (Å²) in [5.41, 5.74) is 8.48. The highest BCUT2D eigenvalue weighted by Gasteiger charge is 2.27. The van der Waals surface area contributed by atoms with E-state index in [1.807, 2.05) is 54.6 Å². The van der Waals surface area contributed by atoms with Gasteiger partial charge in [-0.3, -0.25) is 0 Å². The van der Waals surface area contributed by atoms with E-state index in [2.05, 4.69) is 20.9 Å². The van der Waals surface area contributed by atoms with Crippen molar-refractivity contribution in [3.05, 3.63) is 77.3 Å². The summed E-state index contributed by atoms with van der Waals surface area (Å²) in [6, 6.07) is 21.5. The lowest BCUT2D eigenvalue weighted by atomic mass is 10.1. The lowest BCUT2D eigenvalue weighted by molar-refractivity contribution is 0.597. The molecule has 130 valence electrons. The molecule has 0 amide bonds. The van der Waals surface area contributed by atoms with E-state index in [4.69, 9.17) is 5.73 Å². The molecular formula is C20H15BrN2O2S. The second-order valence-electron chi connectivity index (χ2n) is 5.93. The number of hydrogen-bond acceptors (Lipinski definition) is 3. The third-order valence-electron chi connectivity index (χ3n) is 4.27. The van der Waals surface area contributed by atoms with E-state index in [-0.39, 0.29) is 9.79 Å². The van der Waals surface area contributed by atoms with Crippen molar-refractivity contribution in [3.8, 4) is 11.3 Å². The first-order valence-electron chi connectivity index (χ1n) is 7.95. The number of nitrogen functional groups attached to an aromatic ring is 1. The SMILES string of the molecule is Nc1ccc(S(=O)(=O)c2c(-c3ccccc3)[nH]c3ccccc23)cc1Br. The quantitative estimate of drug-likeness (QED) is 0.451. The number of halogens is 1. The van der Waals surface area contributed by atoms with Crippen molar-refractivity contribution in [2.45, 2.75) is 9.79 Å². The first-order chi connectivity index (χ1) is 12.5. The molecule has 1 aromatic heterocycles. The molecule has 0 spiro atoms. The molecule has 6 heteroatoms. The summed E-state index contributed by atoms with van der Waals surface area (Å²) >= 11 is 3.32. The van der Waals surface area contributed by atoms with E-state index in [0.29, 0.717) is 21.2 Å². The largest absolute Gasteiger partial charge is 0.398 e. The monoisotopic (exact) mass is 426 g/mol. The maximum Gasteiger partial charge on any atom is 0.209 e. The zero-order valence-corrected chi connectivity index (χ0v) is 16.0. The van der Waals surface area contributed by atoms with Gasteiger partial charge < -0.3 is 10.7 Å². The Morgan fingerprint density at radius 3 is 2.31 bits per heavy atom. The number of anilines is 1.